The summed E-state index contributed by atoms with van der Waals surface area (Å²) in [6.45, 7) is 4.42. The zero-order chi connectivity index (χ0) is 13.0. The van der Waals surface area contributed by atoms with Gasteiger partial charge in [0.2, 0.25) is 0 Å². The summed E-state index contributed by atoms with van der Waals surface area (Å²) in [5.41, 5.74) is 4.15. The van der Waals surface area contributed by atoms with Crippen molar-refractivity contribution < 1.29 is 0 Å². The predicted molar refractivity (Wildman–Crippen MR) is 80.4 cm³/mol. The maximum absolute atomic E-state index is 3.89. The Morgan fingerprint density at radius 1 is 1.00 bits per heavy atom. The molecule has 1 heteroatoms. The van der Waals surface area contributed by atoms with Gasteiger partial charge in [-0.15, -0.1) is 0 Å². The lowest BCUT2D eigenvalue weighted by Gasteiger charge is -2.33. The zero-order valence-electron chi connectivity index (χ0n) is 12.2. The van der Waals surface area contributed by atoms with E-state index in [9.17, 15) is 0 Å². The monoisotopic (exact) mass is 255 g/mol. The van der Waals surface area contributed by atoms with Crippen LogP contribution in [-0.4, -0.2) is 6.04 Å². The van der Waals surface area contributed by atoms with Gasteiger partial charge in [0.1, 0.15) is 0 Å². The van der Waals surface area contributed by atoms with Crippen LogP contribution >= 0.6 is 0 Å². The standard InChI is InChI=1S/C18H25N/c1-11-6-7-12(2)17(8-11)19-18-10-13-9-16(18)15-5-3-4-14(13)15/h6-8,13-16,18-19H,3-5,9-10H2,1-2H3. The lowest BCUT2D eigenvalue weighted by Crippen LogP contribution is -2.34. The highest BCUT2D eigenvalue weighted by Gasteiger charge is 2.53. The normalized spacial score (nSPS) is 39.6. The summed E-state index contributed by atoms with van der Waals surface area (Å²) in [5, 5.41) is 3.89. The van der Waals surface area contributed by atoms with Crippen molar-refractivity contribution in [3.05, 3.63) is 29.3 Å². The number of aryl methyl sites for hydroxylation is 2. The molecule has 1 N–H and O–H groups in total. The van der Waals surface area contributed by atoms with Crippen LogP contribution in [0.25, 0.3) is 0 Å². The van der Waals surface area contributed by atoms with Gasteiger partial charge in [0.25, 0.3) is 0 Å². The van der Waals surface area contributed by atoms with E-state index in [1.807, 2.05) is 0 Å². The first-order chi connectivity index (χ1) is 9.22. The number of hydrogen-bond acceptors (Lipinski definition) is 1. The second-order valence-corrected chi connectivity index (χ2v) is 7.22. The molecule has 0 aliphatic heterocycles. The molecule has 3 aliphatic rings. The van der Waals surface area contributed by atoms with Crippen LogP contribution in [0.15, 0.2) is 18.2 Å². The molecule has 0 aromatic heterocycles. The maximum Gasteiger partial charge on any atom is 0.0374 e. The van der Waals surface area contributed by atoms with Crippen LogP contribution < -0.4 is 5.32 Å². The van der Waals surface area contributed by atoms with Gasteiger partial charge in [-0.05, 0) is 80.4 Å². The van der Waals surface area contributed by atoms with Crippen molar-refractivity contribution in [2.45, 2.75) is 52.0 Å². The summed E-state index contributed by atoms with van der Waals surface area (Å²) in [6.07, 6.45) is 7.48. The Kier molecular flexibility index (Phi) is 2.65. The third kappa shape index (κ3) is 1.81. The number of nitrogens with one attached hydrogen (secondary N) is 1. The first kappa shape index (κ1) is 11.8. The molecule has 5 atom stereocenters. The van der Waals surface area contributed by atoms with Crippen molar-refractivity contribution in [3.8, 4) is 0 Å². The molecule has 2 bridgehead atoms. The van der Waals surface area contributed by atoms with Gasteiger partial charge in [-0.3, -0.25) is 0 Å². The molecule has 4 rings (SSSR count). The smallest absolute Gasteiger partial charge is 0.0374 e. The molecule has 102 valence electrons. The van der Waals surface area contributed by atoms with Crippen LogP contribution in [0.3, 0.4) is 0 Å². The van der Waals surface area contributed by atoms with Crippen LogP contribution in [0.4, 0.5) is 5.69 Å². The molecule has 1 aromatic carbocycles. The Hall–Kier alpha value is -0.980. The quantitative estimate of drug-likeness (QED) is 0.818. The van der Waals surface area contributed by atoms with Crippen molar-refractivity contribution in [3.63, 3.8) is 0 Å². The summed E-state index contributed by atoms with van der Waals surface area (Å²) >= 11 is 0. The second-order valence-electron chi connectivity index (χ2n) is 7.22. The Balaban J connectivity index is 1.54. The fourth-order valence-electron chi connectivity index (χ4n) is 5.33. The highest BCUT2D eigenvalue weighted by atomic mass is 15.0. The minimum absolute atomic E-state index is 0.754. The van der Waals surface area contributed by atoms with Gasteiger partial charge in [0, 0.05) is 11.7 Å². The highest BCUT2D eigenvalue weighted by molar-refractivity contribution is 5.53. The first-order valence-electron chi connectivity index (χ1n) is 8.06. The van der Waals surface area contributed by atoms with Gasteiger partial charge in [-0.2, -0.15) is 0 Å². The van der Waals surface area contributed by atoms with Gasteiger partial charge < -0.3 is 5.32 Å². The van der Waals surface area contributed by atoms with E-state index in [0.717, 1.165) is 29.7 Å². The van der Waals surface area contributed by atoms with Crippen LogP contribution in [0, 0.1) is 37.5 Å². The Morgan fingerprint density at radius 3 is 2.74 bits per heavy atom. The van der Waals surface area contributed by atoms with Crippen molar-refractivity contribution in [1.82, 2.24) is 0 Å². The van der Waals surface area contributed by atoms with E-state index < -0.39 is 0 Å². The summed E-state index contributed by atoms with van der Waals surface area (Å²) in [5.74, 6) is 4.17. The molecule has 0 spiro atoms. The number of hydrogen-bond donors (Lipinski definition) is 1. The number of benzene rings is 1. The lowest BCUT2D eigenvalue weighted by molar-refractivity contribution is 0.243. The summed E-state index contributed by atoms with van der Waals surface area (Å²) in [4.78, 5) is 0. The molecule has 5 unspecified atom stereocenters. The van der Waals surface area contributed by atoms with Gasteiger partial charge in [-0.1, -0.05) is 18.6 Å². The third-order valence-corrected chi connectivity index (χ3v) is 6.16. The highest BCUT2D eigenvalue weighted by Crippen LogP contribution is 2.59. The molecule has 1 nitrogen and oxygen atoms in total. The van der Waals surface area contributed by atoms with Crippen LogP contribution in [-0.2, 0) is 0 Å². The van der Waals surface area contributed by atoms with E-state index in [1.54, 1.807) is 0 Å². The van der Waals surface area contributed by atoms with Gasteiger partial charge in [0.05, 0.1) is 0 Å². The van der Waals surface area contributed by atoms with Crippen LogP contribution in [0.5, 0.6) is 0 Å². The molecule has 3 fully saturated rings. The Labute approximate surface area is 116 Å². The predicted octanol–water partition coefficient (Wildman–Crippen LogP) is 4.54. The SMILES string of the molecule is Cc1ccc(C)c(NC2CC3CC2C2CCCC32)c1. The minimum Gasteiger partial charge on any atom is -0.382 e. The van der Waals surface area contributed by atoms with Crippen LogP contribution in [0.1, 0.15) is 43.2 Å². The Bertz CT molecular complexity index is 492. The summed E-state index contributed by atoms with van der Waals surface area (Å²) < 4.78 is 0. The van der Waals surface area contributed by atoms with Crippen molar-refractivity contribution in [1.29, 1.82) is 0 Å². The van der Waals surface area contributed by atoms with E-state index in [2.05, 4.69) is 37.4 Å². The number of rotatable bonds is 2. The topological polar surface area (TPSA) is 12.0 Å². The molecular formula is C18H25N. The molecule has 3 aliphatic carbocycles. The molecule has 0 radical (unpaired) electrons. The van der Waals surface area contributed by atoms with Gasteiger partial charge in [-0.25, -0.2) is 0 Å². The van der Waals surface area contributed by atoms with Crippen molar-refractivity contribution in [2.24, 2.45) is 23.7 Å². The fourth-order valence-corrected chi connectivity index (χ4v) is 5.33. The van der Waals surface area contributed by atoms with E-state index >= 15 is 0 Å². The average Bonchev–Trinajstić information content (AvgIpc) is 3.05. The van der Waals surface area contributed by atoms with Crippen LogP contribution in [0.2, 0.25) is 0 Å². The molecule has 19 heavy (non-hydrogen) atoms. The van der Waals surface area contributed by atoms with E-state index in [4.69, 9.17) is 0 Å². The third-order valence-electron chi connectivity index (χ3n) is 6.16. The maximum atomic E-state index is 3.89. The molecular weight excluding hydrogens is 230 g/mol. The second kappa shape index (κ2) is 4.26. The number of fused-ring (bicyclic) bond motifs is 5. The summed E-state index contributed by atoms with van der Waals surface area (Å²) in [7, 11) is 0. The molecule has 0 saturated heterocycles. The molecule has 3 saturated carbocycles. The van der Waals surface area contributed by atoms with E-state index in [-0.39, 0.29) is 0 Å². The lowest BCUT2D eigenvalue weighted by atomic mass is 9.79. The average molecular weight is 255 g/mol. The molecule has 0 heterocycles. The Morgan fingerprint density at radius 2 is 1.84 bits per heavy atom. The largest absolute Gasteiger partial charge is 0.382 e. The first-order valence-corrected chi connectivity index (χ1v) is 8.06. The summed E-state index contributed by atoms with van der Waals surface area (Å²) in [6, 6.07) is 7.55. The van der Waals surface area contributed by atoms with Crippen molar-refractivity contribution in [2.75, 3.05) is 5.32 Å². The molecule has 0 amide bonds. The zero-order valence-corrected chi connectivity index (χ0v) is 12.2. The number of anilines is 1. The van der Waals surface area contributed by atoms with Gasteiger partial charge >= 0.3 is 0 Å². The fraction of sp³-hybridized carbons (Fsp3) is 0.667. The van der Waals surface area contributed by atoms with Gasteiger partial charge in [0.15, 0.2) is 0 Å². The van der Waals surface area contributed by atoms with E-state index in [1.165, 1.54) is 48.9 Å². The minimum atomic E-state index is 0.754. The van der Waals surface area contributed by atoms with E-state index in [0.29, 0.717) is 0 Å². The van der Waals surface area contributed by atoms with Crippen molar-refractivity contribution >= 4 is 5.69 Å². The molecule has 1 aromatic rings.